The number of likely N-dealkylation sites (N-methyl/N-ethyl adjacent to an activating group) is 1. The normalized spacial score (nSPS) is 23.3. The molecule has 2 rings (SSSR count). The van der Waals surface area contributed by atoms with E-state index in [0.29, 0.717) is 6.04 Å². The Morgan fingerprint density at radius 1 is 1.30 bits per heavy atom. The highest BCUT2D eigenvalue weighted by Crippen LogP contribution is 2.28. The topological polar surface area (TPSA) is 40.1 Å². The van der Waals surface area contributed by atoms with Gasteiger partial charge in [0.25, 0.3) is 0 Å². The van der Waals surface area contributed by atoms with Crippen molar-refractivity contribution < 1.29 is 4.74 Å². The lowest BCUT2D eigenvalue weighted by molar-refractivity contribution is 0.114. The van der Waals surface area contributed by atoms with E-state index in [-0.39, 0.29) is 0 Å². The average Bonchev–Trinajstić information content (AvgIpc) is 3.36. The van der Waals surface area contributed by atoms with Gasteiger partial charge in [0.2, 0.25) is 0 Å². The molecule has 1 atom stereocenters. The third-order valence-electron chi connectivity index (χ3n) is 5.02. The summed E-state index contributed by atoms with van der Waals surface area (Å²) < 4.78 is 5.73. The molecule has 1 saturated carbocycles. The van der Waals surface area contributed by atoms with Gasteiger partial charge in [-0.25, -0.2) is 0 Å². The minimum absolute atomic E-state index is 0.656. The van der Waals surface area contributed by atoms with E-state index in [1.807, 2.05) is 7.05 Å². The van der Waals surface area contributed by atoms with Gasteiger partial charge in [-0.1, -0.05) is 0 Å². The number of aliphatic imine (C=N–C) groups is 1. The molecule has 1 heterocycles. The Morgan fingerprint density at radius 3 is 2.74 bits per heavy atom. The van der Waals surface area contributed by atoms with Crippen molar-refractivity contribution in [2.24, 2.45) is 16.8 Å². The van der Waals surface area contributed by atoms with Crippen LogP contribution in [0.15, 0.2) is 4.99 Å². The summed E-state index contributed by atoms with van der Waals surface area (Å²) in [4.78, 5) is 9.18. The van der Waals surface area contributed by atoms with E-state index < -0.39 is 0 Å². The van der Waals surface area contributed by atoms with E-state index in [1.54, 1.807) is 0 Å². The monoisotopic (exact) mass is 324 g/mol. The van der Waals surface area contributed by atoms with Gasteiger partial charge in [0, 0.05) is 46.4 Å². The number of likely N-dealkylation sites (tertiary alicyclic amines) is 1. The number of hydrogen-bond donors (Lipinski definition) is 1. The predicted octanol–water partition coefficient (Wildman–Crippen LogP) is 2.04. The predicted molar refractivity (Wildman–Crippen MR) is 97.0 cm³/mol. The summed E-state index contributed by atoms with van der Waals surface area (Å²) >= 11 is 0. The van der Waals surface area contributed by atoms with Gasteiger partial charge in [0.15, 0.2) is 5.96 Å². The minimum Gasteiger partial charge on any atom is -0.379 e. The van der Waals surface area contributed by atoms with Crippen molar-refractivity contribution in [2.75, 3.05) is 53.5 Å². The lowest BCUT2D eigenvalue weighted by atomic mass is 9.97. The summed E-state index contributed by atoms with van der Waals surface area (Å²) in [5.74, 6) is 2.55. The summed E-state index contributed by atoms with van der Waals surface area (Å²) in [7, 11) is 3.96. The lowest BCUT2D eigenvalue weighted by Crippen LogP contribution is -2.47. The second kappa shape index (κ2) is 9.48. The van der Waals surface area contributed by atoms with Crippen LogP contribution >= 0.6 is 0 Å². The fourth-order valence-corrected chi connectivity index (χ4v) is 3.20. The van der Waals surface area contributed by atoms with Crippen molar-refractivity contribution in [2.45, 2.75) is 45.6 Å². The van der Waals surface area contributed by atoms with Crippen molar-refractivity contribution in [1.29, 1.82) is 0 Å². The van der Waals surface area contributed by atoms with Gasteiger partial charge in [0.1, 0.15) is 0 Å². The Hall–Kier alpha value is -0.810. The molecule has 2 fully saturated rings. The maximum absolute atomic E-state index is 5.73. The molecular weight excluding hydrogens is 288 g/mol. The molecule has 0 amide bonds. The van der Waals surface area contributed by atoms with Crippen LogP contribution in [0.3, 0.4) is 0 Å². The first-order valence-electron chi connectivity index (χ1n) is 9.33. The van der Waals surface area contributed by atoms with E-state index in [4.69, 9.17) is 4.74 Å². The first kappa shape index (κ1) is 18.5. The van der Waals surface area contributed by atoms with E-state index in [2.05, 4.69) is 41.0 Å². The van der Waals surface area contributed by atoms with Gasteiger partial charge in [0.05, 0.1) is 6.61 Å². The minimum atomic E-state index is 0.656. The molecular formula is C18H36N4O. The maximum Gasteiger partial charge on any atom is 0.193 e. The Bertz CT molecular complexity index is 368. The largest absolute Gasteiger partial charge is 0.379 e. The van der Waals surface area contributed by atoms with Crippen LogP contribution < -0.4 is 5.32 Å². The molecule has 0 aromatic rings. The summed E-state index contributed by atoms with van der Waals surface area (Å²) in [6.07, 6.45) is 5.34. The summed E-state index contributed by atoms with van der Waals surface area (Å²) in [5, 5.41) is 3.55. The molecule has 23 heavy (non-hydrogen) atoms. The molecule has 0 radical (unpaired) electrons. The molecule has 1 saturated heterocycles. The van der Waals surface area contributed by atoms with Crippen LogP contribution in [0.5, 0.6) is 0 Å². The van der Waals surface area contributed by atoms with E-state index in [0.717, 1.165) is 44.1 Å². The molecule has 0 aromatic carbocycles. The van der Waals surface area contributed by atoms with Crippen molar-refractivity contribution in [1.82, 2.24) is 15.1 Å². The Kier molecular flexibility index (Phi) is 7.63. The summed E-state index contributed by atoms with van der Waals surface area (Å²) in [6, 6.07) is 0.656. The molecule has 0 bridgehead atoms. The summed E-state index contributed by atoms with van der Waals surface area (Å²) in [6.45, 7) is 10.7. The number of ether oxygens (including phenoxy) is 1. The van der Waals surface area contributed by atoms with Crippen molar-refractivity contribution >= 4 is 5.96 Å². The third kappa shape index (κ3) is 6.68. The SMILES string of the molecule is CN=C(NCC1CCCN(C(C)C)C1)N(C)CCOCC1CC1. The quantitative estimate of drug-likeness (QED) is 0.421. The molecule has 1 N–H and O–H groups in total. The van der Waals surface area contributed by atoms with Crippen LogP contribution in [0.4, 0.5) is 0 Å². The highest BCUT2D eigenvalue weighted by molar-refractivity contribution is 5.79. The van der Waals surface area contributed by atoms with Crippen LogP contribution in [-0.2, 0) is 4.74 Å². The van der Waals surface area contributed by atoms with Crippen LogP contribution in [0.2, 0.25) is 0 Å². The molecule has 134 valence electrons. The molecule has 1 unspecified atom stereocenters. The van der Waals surface area contributed by atoms with Gasteiger partial charge < -0.3 is 19.9 Å². The highest BCUT2D eigenvalue weighted by atomic mass is 16.5. The third-order valence-corrected chi connectivity index (χ3v) is 5.02. The number of rotatable bonds is 8. The van der Waals surface area contributed by atoms with Gasteiger partial charge in [-0.3, -0.25) is 4.99 Å². The number of piperidine rings is 1. The van der Waals surface area contributed by atoms with Crippen LogP contribution in [0, 0.1) is 11.8 Å². The highest BCUT2D eigenvalue weighted by Gasteiger charge is 2.22. The van der Waals surface area contributed by atoms with Crippen LogP contribution in [-0.4, -0.2) is 75.3 Å². The molecule has 5 heteroatoms. The maximum atomic E-state index is 5.73. The van der Waals surface area contributed by atoms with Crippen molar-refractivity contribution in [3.8, 4) is 0 Å². The van der Waals surface area contributed by atoms with Gasteiger partial charge in [-0.2, -0.15) is 0 Å². The Balaban J connectivity index is 1.64. The smallest absolute Gasteiger partial charge is 0.193 e. The van der Waals surface area contributed by atoms with Gasteiger partial charge in [-0.05, 0) is 57.9 Å². The second-order valence-corrected chi connectivity index (χ2v) is 7.46. The van der Waals surface area contributed by atoms with E-state index in [1.165, 1.54) is 38.8 Å². The van der Waals surface area contributed by atoms with Crippen molar-refractivity contribution in [3.63, 3.8) is 0 Å². The molecule has 2 aliphatic rings. The average molecular weight is 325 g/mol. The number of hydrogen-bond acceptors (Lipinski definition) is 3. The van der Waals surface area contributed by atoms with Crippen LogP contribution in [0.1, 0.15) is 39.5 Å². The Morgan fingerprint density at radius 2 is 2.09 bits per heavy atom. The molecule has 5 nitrogen and oxygen atoms in total. The lowest BCUT2D eigenvalue weighted by Gasteiger charge is -2.36. The number of nitrogens with one attached hydrogen (secondary N) is 1. The first-order valence-corrected chi connectivity index (χ1v) is 9.33. The molecule has 1 aliphatic carbocycles. The zero-order chi connectivity index (χ0) is 16.7. The van der Waals surface area contributed by atoms with Crippen molar-refractivity contribution in [3.05, 3.63) is 0 Å². The fourth-order valence-electron chi connectivity index (χ4n) is 3.20. The standard InChI is InChI=1S/C18H36N4O/c1-15(2)22-9-5-6-17(13-22)12-20-18(19-3)21(4)10-11-23-14-16-7-8-16/h15-17H,5-14H2,1-4H3,(H,19,20). The zero-order valence-electron chi connectivity index (χ0n) is 15.6. The molecule has 0 aromatic heterocycles. The van der Waals surface area contributed by atoms with Gasteiger partial charge in [-0.15, -0.1) is 0 Å². The first-order chi connectivity index (χ1) is 11.1. The molecule has 0 spiro atoms. The number of guanidine groups is 1. The van der Waals surface area contributed by atoms with E-state index in [9.17, 15) is 0 Å². The zero-order valence-corrected chi connectivity index (χ0v) is 15.6. The molecule has 1 aliphatic heterocycles. The van der Waals surface area contributed by atoms with Crippen LogP contribution in [0.25, 0.3) is 0 Å². The summed E-state index contributed by atoms with van der Waals surface area (Å²) in [5.41, 5.74) is 0. The Labute approximate surface area is 142 Å². The fraction of sp³-hybridized carbons (Fsp3) is 0.944. The van der Waals surface area contributed by atoms with Gasteiger partial charge >= 0.3 is 0 Å². The second-order valence-electron chi connectivity index (χ2n) is 7.46. The number of nitrogens with zero attached hydrogens (tertiary/aromatic N) is 3. The van der Waals surface area contributed by atoms with E-state index >= 15 is 0 Å².